The third-order valence-electron chi connectivity index (χ3n) is 4.85. The number of thiocarbonyl (C=S) groups is 1. The Morgan fingerprint density at radius 1 is 0.889 bits per heavy atom. The zero-order valence-electron chi connectivity index (χ0n) is 19.0. The molecule has 0 aliphatic carbocycles. The molecule has 182 valence electrons. The predicted molar refractivity (Wildman–Crippen MR) is 139 cm³/mol. The van der Waals surface area contributed by atoms with Crippen molar-refractivity contribution in [1.29, 1.82) is 0 Å². The first-order valence-corrected chi connectivity index (χ1v) is 10.9. The summed E-state index contributed by atoms with van der Waals surface area (Å²) < 4.78 is 0. The largest absolute Gasteiger partial charge is 0.322 e. The van der Waals surface area contributed by atoms with Gasteiger partial charge in [-0.15, -0.1) is 0 Å². The lowest BCUT2D eigenvalue weighted by atomic mass is 10.1. The Morgan fingerprint density at radius 2 is 1.56 bits per heavy atom. The van der Waals surface area contributed by atoms with Crippen molar-refractivity contribution in [3.63, 3.8) is 0 Å². The molecule has 3 aromatic rings. The number of anilines is 1. The van der Waals surface area contributed by atoms with Crippen LogP contribution in [0.5, 0.6) is 0 Å². The summed E-state index contributed by atoms with van der Waals surface area (Å²) in [5.41, 5.74) is 7.55. The maximum Gasteiger partial charge on any atom is 0.269 e. The summed E-state index contributed by atoms with van der Waals surface area (Å²) >= 11 is 4.99. The van der Waals surface area contributed by atoms with E-state index in [-0.39, 0.29) is 16.7 Å². The molecule has 3 aromatic carbocycles. The number of benzene rings is 3. The van der Waals surface area contributed by atoms with E-state index in [9.17, 15) is 24.5 Å². The van der Waals surface area contributed by atoms with E-state index >= 15 is 0 Å². The van der Waals surface area contributed by atoms with E-state index in [0.717, 1.165) is 5.56 Å². The van der Waals surface area contributed by atoms with Crippen molar-refractivity contribution >= 4 is 52.5 Å². The van der Waals surface area contributed by atoms with Crippen molar-refractivity contribution in [1.82, 2.24) is 16.2 Å². The molecule has 0 radical (unpaired) electrons. The van der Waals surface area contributed by atoms with Gasteiger partial charge >= 0.3 is 0 Å². The number of carbonyl (C=O) groups excluding carboxylic acids is 3. The second kappa shape index (κ2) is 12.0. The lowest BCUT2D eigenvalue weighted by molar-refractivity contribution is -0.384. The maximum atomic E-state index is 12.4. The molecule has 0 fully saturated rings. The number of rotatable bonds is 6. The molecule has 36 heavy (non-hydrogen) atoms. The Hall–Kier alpha value is -4.90. The first-order valence-electron chi connectivity index (χ1n) is 10.5. The van der Waals surface area contributed by atoms with Crippen molar-refractivity contribution in [2.24, 2.45) is 0 Å². The second-order valence-corrected chi connectivity index (χ2v) is 7.83. The molecule has 0 atom stereocenters. The number of carbonyl (C=O) groups is 3. The summed E-state index contributed by atoms with van der Waals surface area (Å²) in [6.45, 7) is 1.84. The summed E-state index contributed by atoms with van der Waals surface area (Å²) in [6.07, 6.45) is 2.65. The highest BCUT2D eigenvalue weighted by Crippen LogP contribution is 2.14. The van der Waals surface area contributed by atoms with E-state index in [2.05, 4.69) is 21.5 Å². The van der Waals surface area contributed by atoms with Crippen LogP contribution < -0.4 is 21.5 Å². The van der Waals surface area contributed by atoms with Gasteiger partial charge in [0.05, 0.1) is 4.92 Å². The molecule has 3 amide bonds. The van der Waals surface area contributed by atoms with Gasteiger partial charge in [-0.1, -0.05) is 18.2 Å². The van der Waals surface area contributed by atoms with E-state index in [1.54, 1.807) is 24.3 Å². The molecule has 0 spiro atoms. The molecule has 4 N–H and O–H groups in total. The number of nitrogens with zero attached hydrogens (tertiary/aromatic N) is 1. The Balaban J connectivity index is 1.46. The molecule has 0 saturated heterocycles. The topological polar surface area (TPSA) is 142 Å². The van der Waals surface area contributed by atoms with E-state index in [1.165, 1.54) is 48.6 Å². The van der Waals surface area contributed by atoms with Crippen LogP contribution in [-0.4, -0.2) is 27.8 Å². The van der Waals surface area contributed by atoms with Gasteiger partial charge < -0.3 is 5.32 Å². The van der Waals surface area contributed by atoms with Crippen LogP contribution in [-0.2, 0) is 4.79 Å². The molecule has 0 aliphatic heterocycles. The fraction of sp³-hybridized carbons (Fsp3) is 0.0400. The molecule has 3 rings (SSSR count). The Kier molecular flexibility index (Phi) is 8.57. The molecular formula is C25H21N5O5S. The Morgan fingerprint density at radius 3 is 2.19 bits per heavy atom. The first-order chi connectivity index (χ1) is 17.2. The van der Waals surface area contributed by atoms with E-state index < -0.39 is 16.7 Å². The van der Waals surface area contributed by atoms with Crippen LogP contribution in [0, 0.1) is 17.0 Å². The van der Waals surface area contributed by atoms with Crippen LogP contribution in [0.15, 0.2) is 78.9 Å². The number of amides is 3. The summed E-state index contributed by atoms with van der Waals surface area (Å²) in [6, 6.07) is 19.1. The lowest BCUT2D eigenvalue weighted by Crippen LogP contribution is -2.48. The predicted octanol–water partition coefficient (Wildman–Crippen LogP) is 3.50. The van der Waals surface area contributed by atoms with Crippen molar-refractivity contribution in [3.05, 3.63) is 111 Å². The molecule has 0 bridgehead atoms. The third-order valence-corrected chi connectivity index (χ3v) is 5.06. The third kappa shape index (κ3) is 7.30. The highest BCUT2D eigenvalue weighted by molar-refractivity contribution is 7.80. The molecule has 11 heteroatoms. The van der Waals surface area contributed by atoms with Gasteiger partial charge in [-0.2, -0.15) is 0 Å². The normalized spacial score (nSPS) is 10.4. The number of aryl methyl sites for hydroxylation is 1. The Bertz CT molecular complexity index is 1340. The summed E-state index contributed by atoms with van der Waals surface area (Å²) in [5, 5.41) is 15.7. The molecule has 0 saturated carbocycles. The van der Waals surface area contributed by atoms with Gasteiger partial charge in [0.1, 0.15) is 0 Å². The first kappa shape index (κ1) is 25.7. The van der Waals surface area contributed by atoms with Crippen LogP contribution in [0.25, 0.3) is 6.08 Å². The summed E-state index contributed by atoms with van der Waals surface area (Å²) in [5.74, 6) is -1.32. The smallest absolute Gasteiger partial charge is 0.269 e. The number of nitro groups is 1. The lowest BCUT2D eigenvalue weighted by Gasteiger charge is -2.11. The highest BCUT2D eigenvalue weighted by Gasteiger charge is 2.10. The van der Waals surface area contributed by atoms with Gasteiger partial charge in [0.2, 0.25) is 5.91 Å². The number of hydrogen-bond donors (Lipinski definition) is 4. The van der Waals surface area contributed by atoms with E-state index in [0.29, 0.717) is 22.4 Å². The number of non-ortho nitro benzene ring substituents is 1. The maximum absolute atomic E-state index is 12.4. The molecular weight excluding hydrogens is 482 g/mol. The second-order valence-electron chi connectivity index (χ2n) is 7.43. The molecule has 0 aromatic heterocycles. The fourth-order valence-electron chi connectivity index (χ4n) is 2.98. The number of nitro benzene ring substituents is 1. The zero-order valence-corrected chi connectivity index (χ0v) is 19.8. The number of hydrogen-bond acceptors (Lipinski definition) is 6. The van der Waals surface area contributed by atoms with E-state index in [1.807, 2.05) is 19.1 Å². The summed E-state index contributed by atoms with van der Waals surface area (Å²) in [4.78, 5) is 46.9. The Labute approximate surface area is 211 Å². The minimum absolute atomic E-state index is 0.0561. The highest BCUT2D eigenvalue weighted by atomic mass is 32.1. The van der Waals surface area contributed by atoms with Gasteiger partial charge in [0.15, 0.2) is 5.11 Å². The molecule has 10 nitrogen and oxygen atoms in total. The van der Waals surface area contributed by atoms with Crippen LogP contribution in [0.3, 0.4) is 0 Å². The SMILES string of the molecule is Cc1ccccc1C(=O)Nc1ccc(C(=O)NNC(=S)NC(=O)/C=C/c2ccc([N+](=O)[O-])cc2)cc1. The van der Waals surface area contributed by atoms with Gasteiger partial charge in [0, 0.05) is 35.0 Å². The quantitative estimate of drug-likeness (QED) is 0.174. The van der Waals surface area contributed by atoms with Crippen molar-refractivity contribution in [2.45, 2.75) is 6.92 Å². The van der Waals surface area contributed by atoms with Crippen molar-refractivity contribution in [2.75, 3.05) is 5.32 Å². The average molecular weight is 504 g/mol. The van der Waals surface area contributed by atoms with Gasteiger partial charge in [0.25, 0.3) is 17.5 Å². The number of hydrazine groups is 1. The van der Waals surface area contributed by atoms with Gasteiger partial charge in [-0.25, -0.2) is 0 Å². The molecule has 0 unspecified atom stereocenters. The zero-order chi connectivity index (χ0) is 26.1. The minimum Gasteiger partial charge on any atom is -0.322 e. The van der Waals surface area contributed by atoms with E-state index in [4.69, 9.17) is 12.2 Å². The van der Waals surface area contributed by atoms with Crippen LogP contribution in [0.4, 0.5) is 11.4 Å². The fourth-order valence-corrected chi connectivity index (χ4v) is 3.13. The molecule has 0 heterocycles. The van der Waals surface area contributed by atoms with Crippen molar-refractivity contribution < 1.29 is 19.3 Å². The van der Waals surface area contributed by atoms with Gasteiger partial charge in [-0.05, 0) is 78.8 Å². The minimum atomic E-state index is -0.561. The van der Waals surface area contributed by atoms with Crippen LogP contribution in [0.2, 0.25) is 0 Å². The monoisotopic (exact) mass is 503 g/mol. The summed E-state index contributed by atoms with van der Waals surface area (Å²) in [7, 11) is 0. The molecule has 0 aliphatic rings. The van der Waals surface area contributed by atoms with Crippen molar-refractivity contribution in [3.8, 4) is 0 Å². The number of nitrogens with one attached hydrogen (secondary N) is 4. The van der Waals surface area contributed by atoms with Crippen LogP contribution in [0.1, 0.15) is 31.8 Å². The van der Waals surface area contributed by atoms with Gasteiger partial charge in [-0.3, -0.25) is 40.7 Å². The standard InChI is InChI=1S/C25H21N5O5S/c1-16-4-2-3-5-21(16)24(33)26-19-11-9-18(10-12-19)23(32)28-29-25(36)27-22(31)15-8-17-6-13-20(14-7-17)30(34)35/h2-15H,1H3,(H,26,33)(H,28,32)(H2,27,29,31,36)/b15-8+. The average Bonchev–Trinajstić information content (AvgIpc) is 2.87. The van der Waals surface area contributed by atoms with Crippen LogP contribution >= 0.6 is 12.2 Å².